The second-order valence-electron chi connectivity index (χ2n) is 5.26. The molecular formula is C13H21ClN4O3. The van der Waals surface area contributed by atoms with Gasteiger partial charge in [-0.05, 0) is 18.9 Å². The molecule has 1 unspecified atom stereocenters. The highest BCUT2D eigenvalue weighted by molar-refractivity contribution is 6.00. The maximum Gasteiger partial charge on any atom is 0.270 e. The van der Waals surface area contributed by atoms with Crippen LogP contribution >= 0.6 is 12.4 Å². The van der Waals surface area contributed by atoms with Crippen molar-refractivity contribution in [1.82, 2.24) is 5.32 Å². The maximum absolute atomic E-state index is 12.3. The molecule has 7 nitrogen and oxygen atoms in total. The van der Waals surface area contributed by atoms with Crippen LogP contribution in [0.5, 0.6) is 0 Å². The fourth-order valence-corrected chi connectivity index (χ4v) is 1.61. The van der Waals surface area contributed by atoms with Gasteiger partial charge in [-0.2, -0.15) is 0 Å². The van der Waals surface area contributed by atoms with Gasteiger partial charge in [-0.25, -0.2) is 0 Å². The third-order valence-electron chi connectivity index (χ3n) is 3.59. The number of anilines is 1. The van der Waals surface area contributed by atoms with Crippen LogP contribution in [0.1, 0.15) is 31.1 Å². The van der Waals surface area contributed by atoms with E-state index >= 15 is 0 Å². The normalized spacial score (nSPS) is 13.2. The average molecular weight is 317 g/mol. The first-order chi connectivity index (χ1) is 9.21. The average Bonchev–Trinajstić information content (AvgIpc) is 2.38. The summed E-state index contributed by atoms with van der Waals surface area (Å²) in [6.07, 6.45) is 0. The molecule has 118 valence electrons. The topological polar surface area (TPSA) is 124 Å². The number of hydrogen-bond acceptors (Lipinski definition) is 5. The summed E-state index contributed by atoms with van der Waals surface area (Å²) in [6, 6.07) is 3.78. The Bertz CT molecular complexity index is 536. The minimum absolute atomic E-state index is 0. The van der Waals surface area contributed by atoms with Crippen molar-refractivity contribution in [3.8, 4) is 0 Å². The van der Waals surface area contributed by atoms with Crippen LogP contribution in [-0.2, 0) is 0 Å². The zero-order valence-corrected chi connectivity index (χ0v) is 13.1. The summed E-state index contributed by atoms with van der Waals surface area (Å²) >= 11 is 0. The lowest BCUT2D eigenvalue weighted by molar-refractivity contribution is -0.384. The van der Waals surface area contributed by atoms with E-state index < -0.39 is 16.4 Å². The van der Waals surface area contributed by atoms with Crippen molar-refractivity contribution in [3.05, 3.63) is 33.9 Å². The van der Waals surface area contributed by atoms with Gasteiger partial charge in [0.1, 0.15) is 0 Å². The van der Waals surface area contributed by atoms with E-state index in [0.717, 1.165) is 0 Å². The number of carbonyl (C=O) groups is 1. The van der Waals surface area contributed by atoms with Gasteiger partial charge in [-0.1, -0.05) is 13.8 Å². The smallest absolute Gasteiger partial charge is 0.270 e. The Kier molecular flexibility index (Phi) is 6.59. The molecular weight excluding hydrogens is 296 g/mol. The molecule has 0 heterocycles. The van der Waals surface area contributed by atoms with Crippen LogP contribution < -0.4 is 16.8 Å². The molecule has 1 amide bonds. The van der Waals surface area contributed by atoms with Crippen LogP contribution in [-0.4, -0.2) is 22.9 Å². The number of benzene rings is 1. The van der Waals surface area contributed by atoms with Gasteiger partial charge in [0.25, 0.3) is 11.6 Å². The number of hydrogen-bond donors (Lipinski definition) is 3. The van der Waals surface area contributed by atoms with Crippen molar-refractivity contribution in [3.63, 3.8) is 0 Å². The number of nitrogen functional groups attached to an aromatic ring is 1. The lowest BCUT2D eigenvalue weighted by Gasteiger charge is -2.33. The summed E-state index contributed by atoms with van der Waals surface area (Å²) in [6.45, 7) is 5.95. The molecule has 8 heteroatoms. The van der Waals surface area contributed by atoms with Crippen molar-refractivity contribution in [2.45, 2.75) is 26.3 Å². The van der Waals surface area contributed by atoms with Gasteiger partial charge in [0.15, 0.2) is 0 Å². The molecule has 0 aliphatic rings. The molecule has 0 saturated heterocycles. The Hall–Kier alpha value is -1.86. The molecule has 0 radical (unpaired) electrons. The third-order valence-corrected chi connectivity index (χ3v) is 3.59. The molecule has 0 saturated carbocycles. The minimum Gasteiger partial charge on any atom is -0.398 e. The van der Waals surface area contributed by atoms with Gasteiger partial charge in [0.05, 0.1) is 16.0 Å². The number of nitrogens with two attached hydrogens (primary N) is 2. The van der Waals surface area contributed by atoms with Crippen molar-refractivity contribution < 1.29 is 9.72 Å². The molecule has 5 N–H and O–H groups in total. The standard InChI is InChI=1S/C13H20N4O3.ClH/c1-8(2)13(3,7-14)16-12(18)10-6-9(17(19)20)4-5-11(10)15;/h4-6,8H,7,14-15H2,1-3H3,(H,16,18);1H. The number of nitro groups is 1. The summed E-state index contributed by atoms with van der Waals surface area (Å²) < 4.78 is 0. The Morgan fingerprint density at radius 1 is 1.48 bits per heavy atom. The first-order valence-corrected chi connectivity index (χ1v) is 6.27. The molecule has 1 aromatic rings. The number of rotatable bonds is 5. The van der Waals surface area contributed by atoms with Crippen LogP contribution in [0, 0.1) is 16.0 Å². The Labute approximate surface area is 129 Å². The van der Waals surface area contributed by atoms with Gasteiger partial charge in [0, 0.05) is 24.4 Å². The summed E-state index contributed by atoms with van der Waals surface area (Å²) in [7, 11) is 0. The second-order valence-corrected chi connectivity index (χ2v) is 5.26. The van der Waals surface area contributed by atoms with Gasteiger partial charge in [0.2, 0.25) is 0 Å². The van der Waals surface area contributed by atoms with Gasteiger partial charge in [-0.3, -0.25) is 14.9 Å². The van der Waals surface area contributed by atoms with Crippen molar-refractivity contribution in [2.75, 3.05) is 12.3 Å². The van der Waals surface area contributed by atoms with E-state index in [1.807, 2.05) is 20.8 Å². The van der Waals surface area contributed by atoms with E-state index in [0.29, 0.717) is 0 Å². The third kappa shape index (κ3) is 4.30. The number of carbonyl (C=O) groups excluding carboxylic acids is 1. The highest BCUT2D eigenvalue weighted by Crippen LogP contribution is 2.22. The summed E-state index contributed by atoms with van der Waals surface area (Å²) in [5.41, 5.74) is 10.9. The Morgan fingerprint density at radius 2 is 2.05 bits per heavy atom. The van der Waals surface area contributed by atoms with E-state index in [9.17, 15) is 14.9 Å². The fraction of sp³-hybridized carbons (Fsp3) is 0.462. The van der Waals surface area contributed by atoms with E-state index in [1.165, 1.54) is 18.2 Å². The van der Waals surface area contributed by atoms with Gasteiger partial charge < -0.3 is 16.8 Å². The summed E-state index contributed by atoms with van der Waals surface area (Å²) in [5.74, 6) is -0.357. The largest absolute Gasteiger partial charge is 0.398 e. The first-order valence-electron chi connectivity index (χ1n) is 6.27. The molecule has 0 spiro atoms. The number of nitro benzene ring substituents is 1. The second kappa shape index (κ2) is 7.24. The van der Waals surface area contributed by atoms with Crippen LogP contribution in [0.3, 0.4) is 0 Å². The lowest BCUT2D eigenvalue weighted by atomic mass is 9.88. The van der Waals surface area contributed by atoms with E-state index in [4.69, 9.17) is 11.5 Å². The van der Waals surface area contributed by atoms with Gasteiger partial charge >= 0.3 is 0 Å². The van der Waals surface area contributed by atoms with Crippen molar-refractivity contribution >= 4 is 29.7 Å². The molecule has 0 aliphatic carbocycles. The molecule has 0 aromatic heterocycles. The highest BCUT2D eigenvalue weighted by Gasteiger charge is 2.30. The van der Waals surface area contributed by atoms with E-state index in [-0.39, 0.29) is 41.8 Å². The highest BCUT2D eigenvalue weighted by atomic mass is 35.5. The van der Waals surface area contributed by atoms with Crippen LogP contribution in [0.4, 0.5) is 11.4 Å². The molecule has 21 heavy (non-hydrogen) atoms. The molecule has 1 rings (SSSR count). The van der Waals surface area contributed by atoms with E-state index in [2.05, 4.69) is 5.32 Å². The molecule has 0 fully saturated rings. The minimum atomic E-state index is -0.603. The molecule has 0 bridgehead atoms. The molecule has 1 aromatic carbocycles. The van der Waals surface area contributed by atoms with Crippen LogP contribution in [0.2, 0.25) is 0 Å². The quantitative estimate of drug-likeness (QED) is 0.433. The van der Waals surface area contributed by atoms with Gasteiger partial charge in [-0.15, -0.1) is 12.4 Å². The zero-order chi connectivity index (χ0) is 15.5. The SMILES string of the molecule is CC(C)C(C)(CN)NC(=O)c1cc([N+](=O)[O-])ccc1N.Cl. The monoisotopic (exact) mass is 316 g/mol. The predicted octanol–water partition coefficient (Wildman–Crippen LogP) is 1.70. The zero-order valence-electron chi connectivity index (χ0n) is 12.3. The number of halogens is 1. The summed E-state index contributed by atoms with van der Waals surface area (Å²) in [4.78, 5) is 22.4. The maximum atomic E-state index is 12.3. The molecule has 0 aliphatic heterocycles. The number of amides is 1. The Balaban J connectivity index is 0.00000400. The molecule has 1 atom stereocenters. The Morgan fingerprint density at radius 3 is 2.48 bits per heavy atom. The summed E-state index contributed by atoms with van der Waals surface area (Å²) in [5, 5.41) is 13.5. The lowest BCUT2D eigenvalue weighted by Crippen LogP contribution is -2.55. The number of nitrogens with zero attached hydrogens (tertiary/aromatic N) is 1. The number of nitrogens with one attached hydrogen (secondary N) is 1. The van der Waals surface area contributed by atoms with Crippen molar-refractivity contribution in [1.29, 1.82) is 0 Å². The number of non-ortho nitro benzene ring substituents is 1. The fourth-order valence-electron chi connectivity index (χ4n) is 1.61. The van der Waals surface area contributed by atoms with E-state index in [1.54, 1.807) is 0 Å². The van der Waals surface area contributed by atoms with Crippen LogP contribution in [0.15, 0.2) is 18.2 Å². The van der Waals surface area contributed by atoms with Crippen LogP contribution in [0.25, 0.3) is 0 Å². The van der Waals surface area contributed by atoms with Crippen molar-refractivity contribution in [2.24, 2.45) is 11.7 Å². The first kappa shape index (κ1) is 19.1. The predicted molar refractivity (Wildman–Crippen MR) is 84.5 cm³/mol.